The van der Waals surface area contributed by atoms with E-state index < -0.39 is 11.9 Å². The third-order valence-corrected chi connectivity index (χ3v) is 4.85. The third-order valence-electron chi connectivity index (χ3n) is 4.85. The molecule has 1 aliphatic carbocycles. The van der Waals surface area contributed by atoms with Gasteiger partial charge in [0.2, 0.25) is 11.8 Å². The second-order valence-electron chi connectivity index (χ2n) is 6.36. The highest BCUT2D eigenvalue weighted by Gasteiger charge is 2.53. The van der Waals surface area contributed by atoms with Crippen LogP contribution in [0.2, 0.25) is 0 Å². The first kappa shape index (κ1) is 14.0. The van der Waals surface area contributed by atoms with E-state index in [2.05, 4.69) is 4.98 Å². The van der Waals surface area contributed by atoms with Crippen LogP contribution in [0.3, 0.4) is 0 Å². The quantitative estimate of drug-likeness (QED) is 0.903. The molecular formula is C16H21N3O2. The highest BCUT2D eigenvalue weighted by Crippen LogP contribution is 2.48. The summed E-state index contributed by atoms with van der Waals surface area (Å²) in [6, 6.07) is 1.35. The van der Waals surface area contributed by atoms with E-state index in [-0.39, 0.29) is 11.3 Å². The van der Waals surface area contributed by atoms with Gasteiger partial charge in [-0.3, -0.25) is 19.5 Å². The highest BCUT2D eigenvalue weighted by atomic mass is 16.2. The van der Waals surface area contributed by atoms with Crippen LogP contribution in [0.1, 0.15) is 44.1 Å². The van der Waals surface area contributed by atoms with Crippen LogP contribution in [0.25, 0.3) is 0 Å². The number of aromatic nitrogens is 1. The molecule has 0 aromatic carbocycles. The van der Waals surface area contributed by atoms with Crippen molar-refractivity contribution >= 4 is 17.5 Å². The van der Waals surface area contributed by atoms with Gasteiger partial charge in [0, 0.05) is 6.20 Å². The number of hydrogen-bond donors (Lipinski definition) is 1. The van der Waals surface area contributed by atoms with Gasteiger partial charge in [-0.2, -0.15) is 0 Å². The number of carbonyl (C=O) groups is 2. The summed E-state index contributed by atoms with van der Waals surface area (Å²) >= 11 is 0. The lowest BCUT2D eigenvalue weighted by Gasteiger charge is -2.31. The topological polar surface area (TPSA) is 76.3 Å². The Morgan fingerprint density at radius 1 is 1.33 bits per heavy atom. The maximum absolute atomic E-state index is 13.0. The predicted molar refractivity (Wildman–Crippen MR) is 79.6 cm³/mol. The summed E-state index contributed by atoms with van der Waals surface area (Å²) < 4.78 is 0. The Morgan fingerprint density at radius 2 is 2.05 bits per heavy atom. The molecule has 1 aromatic heterocycles. The molecule has 3 rings (SSSR count). The van der Waals surface area contributed by atoms with E-state index in [4.69, 9.17) is 5.73 Å². The second-order valence-corrected chi connectivity index (χ2v) is 6.36. The first-order chi connectivity index (χ1) is 10.0. The lowest BCUT2D eigenvalue weighted by molar-refractivity contribution is -0.127. The molecule has 2 amide bonds. The number of nitrogens with two attached hydrogens (primary N) is 1. The Morgan fingerprint density at radius 3 is 2.67 bits per heavy atom. The fraction of sp³-hybridized carbons (Fsp3) is 0.562. The van der Waals surface area contributed by atoms with E-state index in [1.807, 2.05) is 13.0 Å². The summed E-state index contributed by atoms with van der Waals surface area (Å²) in [6.45, 7) is 1.92. The summed E-state index contributed by atoms with van der Waals surface area (Å²) in [6.07, 6.45) is 8.94. The summed E-state index contributed by atoms with van der Waals surface area (Å²) in [5.74, 6) is -0.370. The van der Waals surface area contributed by atoms with Gasteiger partial charge in [-0.1, -0.05) is 19.3 Å². The molecule has 0 radical (unpaired) electrons. The van der Waals surface area contributed by atoms with E-state index in [0.29, 0.717) is 12.1 Å². The molecule has 1 aromatic rings. The van der Waals surface area contributed by atoms with Crippen molar-refractivity contribution in [2.75, 3.05) is 4.90 Å². The molecule has 1 saturated carbocycles. The van der Waals surface area contributed by atoms with Gasteiger partial charge >= 0.3 is 0 Å². The average molecular weight is 287 g/mol. The van der Waals surface area contributed by atoms with Crippen molar-refractivity contribution in [3.05, 3.63) is 24.0 Å². The Hall–Kier alpha value is -1.91. The number of carbonyl (C=O) groups excluding carboxylic acids is 2. The number of hydrogen-bond acceptors (Lipinski definition) is 3. The molecule has 1 atom stereocenters. The van der Waals surface area contributed by atoms with Crippen molar-refractivity contribution in [2.45, 2.75) is 51.5 Å². The minimum absolute atomic E-state index is 0.0541. The molecule has 2 aliphatic rings. The van der Waals surface area contributed by atoms with Crippen molar-refractivity contribution in [3.8, 4) is 0 Å². The zero-order chi connectivity index (χ0) is 15.0. The lowest BCUT2D eigenvalue weighted by atomic mass is 9.72. The highest BCUT2D eigenvalue weighted by molar-refractivity contribution is 6.06. The smallest absolute Gasteiger partial charge is 0.240 e. The minimum atomic E-state index is -0.542. The van der Waals surface area contributed by atoms with E-state index >= 15 is 0 Å². The number of aryl methyl sites for hydroxylation is 1. The van der Waals surface area contributed by atoms with E-state index in [1.54, 1.807) is 17.3 Å². The number of primary amides is 1. The number of amides is 2. The van der Waals surface area contributed by atoms with Gasteiger partial charge in [0.1, 0.15) is 6.04 Å². The molecule has 5 heteroatoms. The van der Waals surface area contributed by atoms with Crippen LogP contribution in [-0.4, -0.2) is 22.8 Å². The van der Waals surface area contributed by atoms with Gasteiger partial charge in [-0.05, 0) is 37.8 Å². The molecule has 1 spiro atoms. The molecule has 1 aliphatic heterocycles. The molecule has 112 valence electrons. The van der Waals surface area contributed by atoms with Gasteiger partial charge in [0.25, 0.3) is 0 Å². The first-order valence-corrected chi connectivity index (χ1v) is 7.58. The molecule has 2 heterocycles. The van der Waals surface area contributed by atoms with Crippen LogP contribution in [0.4, 0.5) is 5.69 Å². The van der Waals surface area contributed by atoms with Crippen molar-refractivity contribution < 1.29 is 9.59 Å². The van der Waals surface area contributed by atoms with Crippen LogP contribution in [0.15, 0.2) is 18.5 Å². The van der Waals surface area contributed by atoms with Gasteiger partial charge in [0.05, 0.1) is 17.3 Å². The van der Waals surface area contributed by atoms with E-state index in [9.17, 15) is 9.59 Å². The van der Waals surface area contributed by atoms with Crippen molar-refractivity contribution in [3.63, 3.8) is 0 Å². The normalized spacial score (nSPS) is 24.5. The van der Waals surface area contributed by atoms with Crippen LogP contribution < -0.4 is 10.6 Å². The van der Waals surface area contributed by atoms with Crippen molar-refractivity contribution in [1.29, 1.82) is 0 Å². The largest absolute Gasteiger partial charge is 0.368 e. The molecular weight excluding hydrogens is 266 g/mol. The zero-order valence-electron chi connectivity index (χ0n) is 12.3. The number of pyridine rings is 1. The van der Waals surface area contributed by atoms with Gasteiger partial charge < -0.3 is 5.73 Å². The zero-order valence-corrected chi connectivity index (χ0v) is 12.3. The number of nitrogens with zero attached hydrogens (tertiary/aromatic N) is 2. The van der Waals surface area contributed by atoms with E-state index in [0.717, 1.165) is 31.2 Å². The van der Waals surface area contributed by atoms with E-state index in [1.165, 1.54) is 6.42 Å². The molecule has 21 heavy (non-hydrogen) atoms. The second kappa shape index (κ2) is 5.13. The Balaban J connectivity index is 2.00. The summed E-state index contributed by atoms with van der Waals surface area (Å²) in [7, 11) is 0. The number of rotatable bonds is 2. The summed E-state index contributed by atoms with van der Waals surface area (Å²) in [5.41, 5.74) is 6.83. The van der Waals surface area contributed by atoms with Crippen molar-refractivity contribution in [1.82, 2.24) is 4.98 Å². The average Bonchev–Trinajstić information content (AvgIpc) is 2.74. The van der Waals surface area contributed by atoms with Crippen LogP contribution in [0.5, 0.6) is 0 Å². The SMILES string of the molecule is Cc1cncc(N2C(=O)C3(CCCCC3)CC2C(N)=O)c1. The molecule has 2 fully saturated rings. The molecule has 0 bridgehead atoms. The summed E-state index contributed by atoms with van der Waals surface area (Å²) in [5, 5.41) is 0. The Kier molecular flexibility index (Phi) is 3.43. The van der Waals surface area contributed by atoms with Crippen LogP contribution >= 0.6 is 0 Å². The Bertz CT molecular complexity index is 579. The maximum Gasteiger partial charge on any atom is 0.240 e. The monoisotopic (exact) mass is 287 g/mol. The lowest BCUT2D eigenvalue weighted by Crippen LogP contribution is -2.43. The number of anilines is 1. The minimum Gasteiger partial charge on any atom is -0.368 e. The molecule has 1 unspecified atom stereocenters. The van der Waals surface area contributed by atoms with Crippen molar-refractivity contribution in [2.24, 2.45) is 11.1 Å². The maximum atomic E-state index is 13.0. The predicted octanol–water partition coefficient (Wildman–Crippen LogP) is 1.93. The fourth-order valence-corrected chi connectivity index (χ4v) is 3.79. The standard InChI is InChI=1S/C16H21N3O2/c1-11-7-12(10-18-9-11)19-13(14(17)20)8-16(15(19)21)5-3-2-4-6-16/h7,9-10,13H,2-6,8H2,1H3,(H2,17,20). The van der Waals surface area contributed by atoms with Crippen LogP contribution in [0, 0.1) is 12.3 Å². The molecule has 5 nitrogen and oxygen atoms in total. The molecule has 2 N–H and O–H groups in total. The first-order valence-electron chi connectivity index (χ1n) is 7.58. The van der Waals surface area contributed by atoms with Gasteiger partial charge in [0.15, 0.2) is 0 Å². The van der Waals surface area contributed by atoms with Gasteiger partial charge in [-0.25, -0.2) is 0 Å². The Labute approximate surface area is 124 Å². The summed E-state index contributed by atoms with van der Waals surface area (Å²) in [4.78, 5) is 30.6. The van der Waals surface area contributed by atoms with Crippen LogP contribution in [-0.2, 0) is 9.59 Å². The molecule has 1 saturated heterocycles. The fourth-order valence-electron chi connectivity index (χ4n) is 3.79. The van der Waals surface area contributed by atoms with Gasteiger partial charge in [-0.15, -0.1) is 0 Å². The third kappa shape index (κ3) is 2.30.